The van der Waals surface area contributed by atoms with Crippen molar-refractivity contribution >= 4 is 46.1 Å². The molecule has 2 aromatic heterocycles. The monoisotopic (exact) mass is 530 g/mol. The minimum Gasteiger partial charge on any atom is -0.356 e. The van der Waals surface area contributed by atoms with Crippen LogP contribution in [0.25, 0.3) is 0 Å². The number of nitrogens with one attached hydrogen (secondary N) is 1. The molecule has 1 aliphatic carbocycles. The molecule has 3 fully saturated rings. The van der Waals surface area contributed by atoms with E-state index in [2.05, 4.69) is 24.7 Å². The Bertz CT molecular complexity index is 1210. The summed E-state index contributed by atoms with van der Waals surface area (Å²) in [5.41, 5.74) is 2.03. The molecule has 3 aliphatic rings. The molecule has 2 saturated heterocycles. The van der Waals surface area contributed by atoms with Crippen LogP contribution in [0.1, 0.15) is 44.2 Å². The van der Waals surface area contributed by atoms with E-state index in [0.717, 1.165) is 31.7 Å². The molecule has 37 heavy (non-hydrogen) atoms. The quantitative estimate of drug-likeness (QED) is 0.319. The van der Waals surface area contributed by atoms with Gasteiger partial charge in [0.25, 0.3) is 5.92 Å². The van der Waals surface area contributed by atoms with Crippen molar-refractivity contribution in [2.75, 3.05) is 47.0 Å². The summed E-state index contributed by atoms with van der Waals surface area (Å²) in [7, 11) is -1.24. The minimum atomic E-state index is -2.62. The van der Waals surface area contributed by atoms with Crippen LogP contribution in [0.5, 0.6) is 0 Å². The molecule has 1 atom stereocenters. The number of alkyl halides is 2. The Balaban J connectivity index is 1.37. The van der Waals surface area contributed by atoms with Crippen molar-refractivity contribution in [2.24, 2.45) is 21.4 Å². The fourth-order valence-corrected chi connectivity index (χ4v) is 5.36. The van der Waals surface area contributed by atoms with E-state index >= 15 is 0 Å². The molecular weight excluding hydrogens is 498 g/mol. The summed E-state index contributed by atoms with van der Waals surface area (Å²) in [4.78, 5) is 18.1. The van der Waals surface area contributed by atoms with Crippen LogP contribution in [0.4, 0.5) is 31.9 Å². The lowest BCUT2D eigenvalue weighted by molar-refractivity contribution is -0.0221. The highest BCUT2D eigenvalue weighted by Crippen LogP contribution is 2.54. The molecule has 4 heterocycles. The number of pyridine rings is 2. The van der Waals surface area contributed by atoms with E-state index in [4.69, 9.17) is 10.8 Å². The topological polar surface area (TPSA) is 112 Å². The highest BCUT2D eigenvalue weighted by molar-refractivity contribution is 7.85. The first-order valence-electron chi connectivity index (χ1n) is 12.5. The third kappa shape index (κ3) is 6.06. The third-order valence-electron chi connectivity index (χ3n) is 7.46. The summed E-state index contributed by atoms with van der Waals surface area (Å²) in [6.45, 7) is 2.26. The highest BCUT2D eigenvalue weighted by Gasteiger charge is 2.44. The van der Waals surface area contributed by atoms with Crippen LogP contribution in [0.15, 0.2) is 40.4 Å². The van der Waals surface area contributed by atoms with Gasteiger partial charge in [-0.15, -0.1) is 0 Å². The number of hydrogen-bond acceptors (Lipinski definition) is 8. The summed E-state index contributed by atoms with van der Waals surface area (Å²) in [5.74, 6) is 4.93. The van der Waals surface area contributed by atoms with Crippen molar-refractivity contribution < 1.29 is 13.0 Å². The lowest BCUT2D eigenvalue weighted by atomic mass is 9.94. The minimum absolute atomic E-state index is 0.192. The number of nitrogens with zero attached hydrogens (tertiary/aromatic N) is 6. The van der Waals surface area contributed by atoms with Gasteiger partial charge in [-0.3, -0.25) is 9.71 Å². The Morgan fingerprint density at radius 1 is 1.03 bits per heavy atom. The average Bonchev–Trinajstić information content (AvgIpc) is 3.64. The standard InChI is InChI=1S/C25H32F2N8OS/c1-37(36)33-21-6-5-19(23(31-21)35-13-9-24(7-8-24)10-14-35)29-17-20(32-28)18-3-2-4-22(30-18)34-15-11-25(26,27)12-16-34/h2-6,17H,7-16,28H2,1H3,(H,31,33)/b29-17?,32-20+. The highest BCUT2D eigenvalue weighted by atomic mass is 32.2. The molecule has 1 saturated carbocycles. The molecule has 12 heteroatoms. The molecule has 0 amide bonds. The van der Waals surface area contributed by atoms with Gasteiger partial charge in [0.1, 0.15) is 34.0 Å². The number of piperidine rings is 2. The van der Waals surface area contributed by atoms with E-state index in [1.54, 1.807) is 30.7 Å². The van der Waals surface area contributed by atoms with Crippen molar-refractivity contribution in [3.63, 3.8) is 0 Å². The van der Waals surface area contributed by atoms with E-state index < -0.39 is 16.9 Å². The van der Waals surface area contributed by atoms with Gasteiger partial charge >= 0.3 is 0 Å². The number of halogens is 2. The molecule has 2 aromatic rings. The number of anilines is 3. The Hall–Kier alpha value is -3.15. The fraction of sp³-hybridized carbons (Fsp3) is 0.520. The summed E-state index contributed by atoms with van der Waals surface area (Å²) in [6, 6.07) is 8.95. The molecular formula is C25H32F2N8OS. The molecule has 5 rings (SSSR count). The van der Waals surface area contributed by atoms with Gasteiger partial charge in [-0.25, -0.2) is 23.0 Å². The van der Waals surface area contributed by atoms with Gasteiger partial charge in [-0.05, 0) is 55.4 Å². The summed E-state index contributed by atoms with van der Waals surface area (Å²) in [5, 5.41) is 3.89. The zero-order chi connectivity index (χ0) is 26.0. The Kier molecular flexibility index (Phi) is 7.11. The van der Waals surface area contributed by atoms with Crippen LogP contribution < -0.4 is 20.4 Å². The molecule has 0 aromatic carbocycles. The number of hydrazone groups is 1. The first-order valence-corrected chi connectivity index (χ1v) is 14.1. The third-order valence-corrected chi connectivity index (χ3v) is 7.96. The lowest BCUT2D eigenvalue weighted by Gasteiger charge is -2.33. The van der Waals surface area contributed by atoms with Crippen molar-refractivity contribution in [1.29, 1.82) is 0 Å². The fourth-order valence-electron chi connectivity index (χ4n) is 4.95. The molecule has 0 bridgehead atoms. The second kappa shape index (κ2) is 10.3. The molecule has 198 valence electrons. The second-order valence-corrected chi connectivity index (χ2v) is 11.2. The maximum Gasteiger partial charge on any atom is 0.251 e. The first kappa shape index (κ1) is 25.5. The first-order chi connectivity index (χ1) is 17.8. The Morgan fingerprint density at radius 2 is 1.73 bits per heavy atom. The van der Waals surface area contributed by atoms with Gasteiger partial charge in [0.15, 0.2) is 5.82 Å². The predicted molar refractivity (Wildman–Crippen MR) is 145 cm³/mol. The lowest BCUT2D eigenvalue weighted by Crippen LogP contribution is -2.39. The summed E-state index contributed by atoms with van der Waals surface area (Å²) >= 11 is 0. The number of nitrogens with two attached hydrogens (primary N) is 1. The van der Waals surface area contributed by atoms with Gasteiger partial charge < -0.3 is 15.6 Å². The zero-order valence-corrected chi connectivity index (χ0v) is 21.7. The predicted octanol–water partition coefficient (Wildman–Crippen LogP) is 3.86. The van der Waals surface area contributed by atoms with Crippen molar-refractivity contribution in [1.82, 2.24) is 9.97 Å². The Labute approximate surface area is 217 Å². The number of aliphatic imine (C=N–C) groups is 1. The SMILES string of the molecule is CS(=O)Nc1ccc(N=C/C(=N\N)c2cccc(N3CCC(F)(F)CC3)n2)c(N2CCC3(CC2)CC3)n1. The van der Waals surface area contributed by atoms with Crippen LogP contribution in [-0.2, 0) is 11.0 Å². The maximum absolute atomic E-state index is 13.6. The van der Waals surface area contributed by atoms with Gasteiger partial charge in [0, 0.05) is 45.3 Å². The van der Waals surface area contributed by atoms with Gasteiger partial charge in [-0.2, -0.15) is 5.10 Å². The van der Waals surface area contributed by atoms with E-state index in [1.807, 2.05) is 17.0 Å². The van der Waals surface area contributed by atoms with E-state index in [-0.39, 0.29) is 25.9 Å². The van der Waals surface area contributed by atoms with Crippen molar-refractivity contribution in [3.05, 3.63) is 36.0 Å². The number of rotatable bonds is 7. The largest absolute Gasteiger partial charge is 0.356 e. The normalized spacial score (nSPS) is 21.9. The smallest absolute Gasteiger partial charge is 0.251 e. The van der Waals surface area contributed by atoms with Crippen molar-refractivity contribution in [2.45, 2.75) is 44.4 Å². The van der Waals surface area contributed by atoms with E-state index in [1.165, 1.54) is 12.8 Å². The molecule has 2 aliphatic heterocycles. The van der Waals surface area contributed by atoms with E-state index in [0.29, 0.717) is 34.1 Å². The molecule has 1 spiro atoms. The molecule has 9 nitrogen and oxygen atoms in total. The summed E-state index contributed by atoms with van der Waals surface area (Å²) in [6.07, 6.45) is 7.59. The van der Waals surface area contributed by atoms with E-state index in [9.17, 15) is 13.0 Å². The molecule has 3 N–H and O–H groups in total. The Morgan fingerprint density at radius 3 is 2.38 bits per heavy atom. The summed E-state index contributed by atoms with van der Waals surface area (Å²) < 4.78 is 41.7. The van der Waals surface area contributed by atoms with Crippen LogP contribution >= 0.6 is 0 Å². The van der Waals surface area contributed by atoms with Gasteiger partial charge in [0.05, 0.1) is 11.9 Å². The van der Waals surface area contributed by atoms with Crippen LogP contribution in [-0.4, -0.2) is 64.5 Å². The van der Waals surface area contributed by atoms with Crippen LogP contribution in [0.3, 0.4) is 0 Å². The maximum atomic E-state index is 13.6. The molecule has 1 unspecified atom stereocenters. The van der Waals surface area contributed by atoms with Gasteiger partial charge in [-0.1, -0.05) is 6.07 Å². The number of aromatic nitrogens is 2. The van der Waals surface area contributed by atoms with Crippen LogP contribution in [0.2, 0.25) is 0 Å². The number of hydrogen-bond donors (Lipinski definition) is 2. The molecule has 0 radical (unpaired) electrons. The van der Waals surface area contributed by atoms with Crippen molar-refractivity contribution in [3.8, 4) is 0 Å². The zero-order valence-electron chi connectivity index (χ0n) is 20.9. The van der Waals surface area contributed by atoms with Gasteiger partial charge in [0.2, 0.25) is 0 Å². The second-order valence-electron chi connectivity index (χ2n) is 10.1. The average molecular weight is 531 g/mol. The van der Waals surface area contributed by atoms with Crippen LogP contribution in [0, 0.1) is 5.41 Å².